The number of hydrogen-bond acceptors (Lipinski definition) is 2. The van der Waals surface area contributed by atoms with Crippen molar-refractivity contribution in [2.24, 2.45) is 11.7 Å². The zero-order valence-electron chi connectivity index (χ0n) is 6.60. The maximum Gasteiger partial charge on any atom is 0.221 e. The number of carbonyl (C=O) groups excluding carboxylic acids is 1. The lowest BCUT2D eigenvalue weighted by atomic mass is 10.1. The van der Waals surface area contributed by atoms with E-state index >= 15 is 0 Å². The van der Waals surface area contributed by atoms with Crippen LogP contribution in [0.1, 0.15) is 17.9 Å². The molecule has 62 valence electrons. The standard InChI is InChI=1S/C9H10N2O/c10-9(12)8-4-7(8)6-2-1-3-11-5-6/h1-3,5,7-8H,4H2,(H2,10,12)/t7-,8-/m1/s1. The molecule has 0 spiro atoms. The van der Waals surface area contributed by atoms with Gasteiger partial charge in [0.15, 0.2) is 0 Å². The molecule has 0 aliphatic heterocycles. The molecule has 12 heavy (non-hydrogen) atoms. The Balaban J connectivity index is 2.11. The van der Waals surface area contributed by atoms with Crippen molar-refractivity contribution in [3.05, 3.63) is 30.1 Å². The maximum atomic E-state index is 10.7. The lowest BCUT2D eigenvalue weighted by Crippen LogP contribution is -2.13. The van der Waals surface area contributed by atoms with E-state index in [1.54, 1.807) is 12.4 Å². The Kier molecular flexibility index (Phi) is 1.57. The van der Waals surface area contributed by atoms with Gasteiger partial charge in [-0.15, -0.1) is 0 Å². The molecule has 2 N–H and O–H groups in total. The number of carbonyl (C=O) groups is 1. The summed E-state index contributed by atoms with van der Waals surface area (Å²) in [6.45, 7) is 0. The highest BCUT2D eigenvalue weighted by Gasteiger charge is 2.42. The molecular weight excluding hydrogens is 152 g/mol. The molecule has 1 aromatic rings. The molecule has 3 nitrogen and oxygen atoms in total. The molecular formula is C9H10N2O. The summed E-state index contributed by atoms with van der Waals surface area (Å²) in [4.78, 5) is 14.7. The fourth-order valence-corrected chi connectivity index (χ4v) is 1.47. The zero-order chi connectivity index (χ0) is 8.55. The topological polar surface area (TPSA) is 56.0 Å². The summed E-state index contributed by atoms with van der Waals surface area (Å²) in [6, 6.07) is 3.87. The Labute approximate surface area is 70.6 Å². The SMILES string of the molecule is NC(=O)[C@@H]1C[C@@H]1c1cccnc1. The molecule has 0 saturated heterocycles. The van der Waals surface area contributed by atoms with Gasteiger partial charge < -0.3 is 5.73 Å². The number of pyridine rings is 1. The number of aromatic nitrogens is 1. The molecule has 1 aliphatic rings. The summed E-state index contributed by atoms with van der Waals surface area (Å²) in [7, 11) is 0. The minimum absolute atomic E-state index is 0.0502. The van der Waals surface area contributed by atoms with Gasteiger partial charge in [0.05, 0.1) is 0 Å². The zero-order valence-corrected chi connectivity index (χ0v) is 6.60. The number of amides is 1. The molecule has 0 unspecified atom stereocenters. The van der Waals surface area contributed by atoms with Crippen molar-refractivity contribution in [2.45, 2.75) is 12.3 Å². The Morgan fingerprint density at radius 2 is 2.50 bits per heavy atom. The van der Waals surface area contributed by atoms with Gasteiger partial charge in [-0.3, -0.25) is 9.78 Å². The van der Waals surface area contributed by atoms with Crippen molar-refractivity contribution in [3.8, 4) is 0 Å². The lowest BCUT2D eigenvalue weighted by Gasteiger charge is -1.95. The summed E-state index contributed by atoms with van der Waals surface area (Å²) in [5.41, 5.74) is 6.29. The quantitative estimate of drug-likeness (QED) is 0.694. The molecule has 1 saturated carbocycles. The average Bonchev–Trinajstić information content (AvgIpc) is 2.84. The fourth-order valence-electron chi connectivity index (χ4n) is 1.47. The van der Waals surface area contributed by atoms with Crippen LogP contribution in [0.5, 0.6) is 0 Å². The van der Waals surface area contributed by atoms with Crippen LogP contribution in [0, 0.1) is 5.92 Å². The van der Waals surface area contributed by atoms with Gasteiger partial charge in [0.2, 0.25) is 5.91 Å². The van der Waals surface area contributed by atoms with Crippen molar-refractivity contribution in [1.29, 1.82) is 0 Å². The highest BCUT2D eigenvalue weighted by atomic mass is 16.1. The first-order chi connectivity index (χ1) is 5.79. The minimum Gasteiger partial charge on any atom is -0.369 e. The molecule has 1 aliphatic carbocycles. The largest absolute Gasteiger partial charge is 0.369 e. The number of rotatable bonds is 2. The average molecular weight is 162 g/mol. The Bertz CT molecular complexity index is 297. The van der Waals surface area contributed by atoms with Crippen LogP contribution in [0.25, 0.3) is 0 Å². The van der Waals surface area contributed by atoms with E-state index in [0.29, 0.717) is 5.92 Å². The molecule has 1 fully saturated rings. The second-order valence-corrected chi connectivity index (χ2v) is 3.14. The van der Waals surface area contributed by atoms with Gasteiger partial charge >= 0.3 is 0 Å². The van der Waals surface area contributed by atoms with Crippen LogP contribution in [0.15, 0.2) is 24.5 Å². The van der Waals surface area contributed by atoms with Crippen LogP contribution in [0.4, 0.5) is 0 Å². The third kappa shape index (κ3) is 1.18. The van der Waals surface area contributed by atoms with Crippen LogP contribution < -0.4 is 5.73 Å². The first-order valence-electron chi connectivity index (χ1n) is 3.98. The third-order valence-corrected chi connectivity index (χ3v) is 2.27. The van der Waals surface area contributed by atoms with Gasteiger partial charge in [-0.2, -0.15) is 0 Å². The Morgan fingerprint density at radius 1 is 1.67 bits per heavy atom. The summed E-state index contributed by atoms with van der Waals surface area (Å²) < 4.78 is 0. The molecule has 0 aromatic carbocycles. The minimum atomic E-state index is -0.191. The number of nitrogens with two attached hydrogens (primary N) is 1. The molecule has 2 rings (SSSR count). The summed E-state index contributed by atoms with van der Waals surface area (Å²) >= 11 is 0. The van der Waals surface area contributed by atoms with Gasteiger partial charge in [-0.25, -0.2) is 0 Å². The van der Waals surface area contributed by atoms with E-state index in [1.807, 2.05) is 12.1 Å². The van der Waals surface area contributed by atoms with Crippen LogP contribution in [-0.2, 0) is 4.79 Å². The Hall–Kier alpha value is -1.38. The molecule has 1 heterocycles. The molecule has 0 bridgehead atoms. The number of nitrogens with zero attached hydrogens (tertiary/aromatic N) is 1. The van der Waals surface area contributed by atoms with Gasteiger partial charge in [-0.05, 0) is 24.0 Å². The van der Waals surface area contributed by atoms with Gasteiger partial charge in [0, 0.05) is 18.3 Å². The Morgan fingerprint density at radius 3 is 3.00 bits per heavy atom. The molecule has 1 aromatic heterocycles. The molecule has 1 amide bonds. The predicted molar refractivity (Wildman–Crippen MR) is 44.3 cm³/mol. The van der Waals surface area contributed by atoms with E-state index in [0.717, 1.165) is 12.0 Å². The smallest absolute Gasteiger partial charge is 0.221 e. The van der Waals surface area contributed by atoms with E-state index in [2.05, 4.69) is 4.98 Å². The van der Waals surface area contributed by atoms with E-state index in [9.17, 15) is 4.79 Å². The number of primary amides is 1. The van der Waals surface area contributed by atoms with Crippen molar-refractivity contribution in [2.75, 3.05) is 0 Å². The predicted octanol–water partition coefficient (Wildman–Crippen LogP) is 0.670. The van der Waals surface area contributed by atoms with E-state index in [-0.39, 0.29) is 11.8 Å². The molecule has 0 radical (unpaired) electrons. The first kappa shape index (κ1) is 7.28. The second-order valence-electron chi connectivity index (χ2n) is 3.14. The maximum absolute atomic E-state index is 10.7. The van der Waals surface area contributed by atoms with Gasteiger partial charge in [0.1, 0.15) is 0 Å². The van der Waals surface area contributed by atoms with E-state index in [4.69, 9.17) is 5.73 Å². The summed E-state index contributed by atoms with van der Waals surface area (Å²) in [5, 5.41) is 0. The summed E-state index contributed by atoms with van der Waals surface area (Å²) in [5.74, 6) is 0.189. The fraction of sp³-hybridized carbons (Fsp3) is 0.333. The van der Waals surface area contributed by atoms with Crippen LogP contribution in [-0.4, -0.2) is 10.9 Å². The van der Waals surface area contributed by atoms with Gasteiger partial charge in [0.25, 0.3) is 0 Å². The lowest BCUT2D eigenvalue weighted by molar-refractivity contribution is -0.119. The van der Waals surface area contributed by atoms with Crippen molar-refractivity contribution in [3.63, 3.8) is 0 Å². The number of hydrogen-bond donors (Lipinski definition) is 1. The van der Waals surface area contributed by atoms with Crippen molar-refractivity contribution >= 4 is 5.91 Å². The molecule has 2 atom stereocenters. The highest BCUT2D eigenvalue weighted by molar-refractivity contribution is 5.81. The van der Waals surface area contributed by atoms with Crippen molar-refractivity contribution < 1.29 is 4.79 Å². The second kappa shape index (κ2) is 2.59. The van der Waals surface area contributed by atoms with E-state index in [1.165, 1.54) is 0 Å². The third-order valence-electron chi connectivity index (χ3n) is 2.27. The van der Waals surface area contributed by atoms with E-state index < -0.39 is 0 Å². The molecule has 3 heteroatoms. The van der Waals surface area contributed by atoms with Crippen LogP contribution >= 0.6 is 0 Å². The first-order valence-corrected chi connectivity index (χ1v) is 3.98. The normalized spacial score (nSPS) is 26.7. The van der Waals surface area contributed by atoms with Crippen LogP contribution in [0.2, 0.25) is 0 Å². The van der Waals surface area contributed by atoms with Gasteiger partial charge in [-0.1, -0.05) is 6.07 Å². The van der Waals surface area contributed by atoms with Crippen LogP contribution in [0.3, 0.4) is 0 Å². The van der Waals surface area contributed by atoms with Crippen molar-refractivity contribution in [1.82, 2.24) is 4.98 Å². The highest BCUT2D eigenvalue weighted by Crippen LogP contribution is 2.46. The monoisotopic (exact) mass is 162 g/mol. The summed E-state index contributed by atoms with van der Waals surface area (Å²) in [6.07, 6.45) is 4.42.